The zero-order valence-electron chi connectivity index (χ0n) is 15.8. The van der Waals surface area contributed by atoms with Crippen molar-refractivity contribution in [2.75, 3.05) is 13.7 Å². The molecule has 0 bridgehead atoms. The van der Waals surface area contributed by atoms with Crippen LogP contribution in [-0.2, 0) is 4.74 Å². The zero-order chi connectivity index (χ0) is 20.4. The number of hydrogen-bond acceptors (Lipinski definition) is 6. The molecule has 144 valence electrons. The summed E-state index contributed by atoms with van der Waals surface area (Å²) >= 11 is 6.05. The van der Waals surface area contributed by atoms with Gasteiger partial charge in [-0.15, -0.1) is 0 Å². The Morgan fingerprint density at radius 2 is 1.89 bits per heavy atom. The Morgan fingerprint density at radius 3 is 2.44 bits per heavy atom. The minimum atomic E-state index is -0.831. The largest absolute Gasteiger partial charge is 0.494 e. The quantitative estimate of drug-likeness (QED) is 0.573. The SMILES string of the molecule is CCOC(=O)c1cc(C(=O)C(C)(C)C)nn(-c2cc(Cl)ccc2OC)c1=O. The summed E-state index contributed by atoms with van der Waals surface area (Å²) in [6.07, 6.45) is 0. The average Bonchev–Trinajstić information content (AvgIpc) is 2.60. The van der Waals surface area contributed by atoms with Crippen molar-refractivity contribution in [3.05, 3.63) is 50.9 Å². The number of carbonyl (C=O) groups is 2. The van der Waals surface area contributed by atoms with Crippen LogP contribution in [-0.4, -0.2) is 35.2 Å². The highest BCUT2D eigenvalue weighted by atomic mass is 35.5. The van der Waals surface area contributed by atoms with Gasteiger partial charge in [0.1, 0.15) is 22.7 Å². The molecule has 0 saturated heterocycles. The average molecular weight is 393 g/mol. The van der Waals surface area contributed by atoms with Crippen molar-refractivity contribution in [3.8, 4) is 11.4 Å². The van der Waals surface area contributed by atoms with Gasteiger partial charge in [-0.05, 0) is 31.2 Å². The third kappa shape index (κ3) is 4.36. The van der Waals surface area contributed by atoms with Gasteiger partial charge in [-0.25, -0.2) is 4.79 Å². The van der Waals surface area contributed by atoms with E-state index in [1.165, 1.54) is 19.2 Å². The minimum absolute atomic E-state index is 0.0350. The van der Waals surface area contributed by atoms with Crippen molar-refractivity contribution < 1.29 is 19.1 Å². The van der Waals surface area contributed by atoms with Crippen LogP contribution in [0.3, 0.4) is 0 Å². The van der Waals surface area contributed by atoms with Crippen molar-refractivity contribution in [3.63, 3.8) is 0 Å². The van der Waals surface area contributed by atoms with Gasteiger partial charge in [0.15, 0.2) is 5.78 Å². The number of ketones is 1. The predicted octanol–water partition coefficient (Wildman–Crippen LogP) is 3.30. The molecule has 0 aliphatic rings. The molecule has 2 rings (SSSR count). The molecule has 0 aliphatic carbocycles. The number of Topliss-reactive ketones (excluding diaryl/α,β-unsaturated/α-hetero) is 1. The normalized spacial score (nSPS) is 11.2. The summed E-state index contributed by atoms with van der Waals surface area (Å²) in [5, 5.41) is 4.51. The summed E-state index contributed by atoms with van der Waals surface area (Å²) in [6.45, 7) is 6.87. The third-order valence-electron chi connectivity index (χ3n) is 3.69. The summed E-state index contributed by atoms with van der Waals surface area (Å²) in [5.41, 5.74) is -1.61. The lowest BCUT2D eigenvalue weighted by molar-refractivity contribution is 0.0523. The standard InChI is InChI=1S/C19H21ClN2O5/c1-6-27-18(25)12-10-13(16(23)19(2,3)4)21-22(17(12)24)14-9-11(20)7-8-15(14)26-5/h7-10H,6H2,1-5H3. The van der Waals surface area contributed by atoms with E-state index in [4.69, 9.17) is 21.1 Å². The van der Waals surface area contributed by atoms with Crippen molar-refractivity contribution >= 4 is 23.4 Å². The molecule has 0 radical (unpaired) electrons. The fourth-order valence-corrected chi connectivity index (χ4v) is 2.50. The number of ether oxygens (including phenoxy) is 2. The molecular formula is C19H21ClN2O5. The lowest BCUT2D eigenvalue weighted by atomic mass is 9.88. The van der Waals surface area contributed by atoms with Gasteiger partial charge in [-0.2, -0.15) is 9.78 Å². The molecule has 0 N–H and O–H groups in total. The molecule has 1 aromatic carbocycles. The smallest absolute Gasteiger partial charge is 0.343 e. The Kier molecular flexibility index (Phi) is 6.05. The maximum atomic E-state index is 12.9. The number of methoxy groups -OCH3 is 1. The van der Waals surface area contributed by atoms with Crippen LogP contribution in [0.2, 0.25) is 5.02 Å². The first kappa shape index (κ1) is 20.6. The molecule has 27 heavy (non-hydrogen) atoms. The van der Waals surface area contributed by atoms with Crippen LogP contribution >= 0.6 is 11.6 Å². The number of aromatic nitrogens is 2. The van der Waals surface area contributed by atoms with E-state index in [-0.39, 0.29) is 29.3 Å². The number of carbonyl (C=O) groups excluding carboxylic acids is 2. The molecule has 0 amide bonds. The van der Waals surface area contributed by atoms with Crippen LogP contribution in [0.25, 0.3) is 5.69 Å². The van der Waals surface area contributed by atoms with Crippen molar-refractivity contribution in [1.82, 2.24) is 9.78 Å². The van der Waals surface area contributed by atoms with Gasteiger partial charge in [0.2, 0.25) is 0 Å². The second kappa shape index (κ2) is 7.92. The van der Waals surface area contributed by atoms with Gasteiger partial charge in [0.25, 0.3) is 5.56 Å². The summed E-state index contributed by atoms with van der Waals surface area (Å²) in [6, 6.07) is 5.79. The predicted molar refractivity (Wildman–Crippen MR) is 101 cm³/mol. The van der Waals surface area contributed by atoms with Gasteiger partial charge < -0.3 is 9.47 Å². The molecular weight excluding hydrogens is 372 g/mol. The number of halogens is 1. The van der Waals surface area contributed by atoms with Crippen LogP contribution in [0.1, 0.15) is 48.5 Å². The lowest BCUT2D eigenvalue weighted by Crippen LogP contribution is -2.32. The van der Waals surface area contributed by atoms with E-state index in [0.29, 0.717) is 10.8 Å². The Balaban J connectivity index is 2.83. The van der Waals surface area contributed by atoms with E-state index in [9.17, 15) is 14.4 Å². The summed E-state index contributed by atoms with van der Waals surface area (Å²) in [5.74, 6) is -0.852. The van der Waals surface area contributed by atoms with Crippen molar-refractivity contribution in [2.24, 2.45) is 5.41 Å². The minimum Gasteiger partial charge on any atom is -0.494 e. The van der Waals surface area contributed by atoms with Crippen molar-refractivity contribution in [2.45, 2.75) is 27.7 Å². The van der Waals surface area contributed by atoms with E-state index >= 15 is 0 Å². The number of nitrogens with zero attached hydrogens (tertiary/aromatic N) is 2. The molecule has 0 spiro atoms. The fraction of sp³-hybridized carbons (Fsp3) is 0.368. The molecule has 2 aromatic rings. The Labute approximate surface area is 161 Å². The topological polar surface area (TPSA) is 87.5 Å². The second-order valence-electron chi connectivity index (χ2n) is 6.78. The Morgan fingerprint density at radius 1 is 1.22 bits per heavy atom. The molecule has 7 nitrogen and oxygen atoms in total. The Hall–Kier alpha value is -2.67. The van der Waals surface area contributed by atoms with Crippen molar-refractivity contribution in [1.29, 1.82) is 0 Å². The molecule has 0 saturated carbocycles. The molecule has 8 heteroatoms. The van der Waals surface area contributed by atoms with E-state index in [0.717, 1.165) is 4.68 Å². The maximum Gasteiger partial charge on any atom is 0.343 e. The van der Waals surface area contributed by atoms with E-state index in [1.807, 2.05) is 0 Å². The van der Waals surface area contributed by atoms with Crippen LogP contribution < -0.4 is 10.3 Å². The van der Waals surface area contributed by atoms with E-state index < -0.39 is 16.9 Å². The summed E-state index contributed by atoms with van der Waals surface area (Å²) in [7, 11) is 1.42. The van der Waals surface area contributed by atoms with Crippen LogP contribution in [0.15, 0.2) is 29.1 Å². The zero-order valence-corrected chi connectivity index (χ0v) is 16.6. The van der Waals surface area contributed by atoms with Crippen LogP contribution in [0.5, 0.6) is 5.75 Å². The summed E-state index contributed by atoms with van der Waals surface area (Å²) < 4.78 is 11.2. The molecule has 0 atom stereocenters. The molecule has 1 aromatic heterocycles. The number of rotatable bonds is 5. The molecule has 0 unspecified atom stereocenters. The summed E-state index contributed by atoms with van der Waals surface area (Å²) in [4.78, 5) is 37.9. The second-order valence-corrected chi connectivity index (χ2v) is 7.21. The molecule has 0 aliphatic heterocycles. The van der Waals surface area contributed by atoms with Gasteiger partial charge >= 0.3 is 5.97 Å². The van der Waals surface area contributed by atoms with Crippen LogP contribution in [0.4, 0.5) is 0 Å². The first-order valence-electron chi connectivity index (χ1n) is 8.30. The number of esters is 1. The van der Waals surface area contributed by atoms with E-state index in [2.05, 4.69) is 5.10 Å². The Bertz CT molecular complexity index is 944. The number of benzene rings is 1. The first-order chi connectivity index (χ1) is 12.6. The first-order valence-corrected chi connectivity index (χ1v) is 8.68. The van der Waals surface area contributed by atoms with Gasteiger partial charge in [-0.3, -0.25) is 9.59 Å². The fourth-order valence-electron chi connectivity index (χ4n) is 2.34. The van der Waals surface area contributed by atoms with Gasteiger partial charge in [-0.1, -0.05) is 32.4 Å². The number of hydrogen-bond donors (Lipinski definition) is 0. The highest BCUT2D eigenvalue weighted by Gasteiger charge is 2.28. The van der Waals surface area contributed by atoms with Crippen LogP contribution in [0, 0.1) is 5.41 Å². The van der Waals surface area contributed by atoms with Gasteiger partial charge in [0.05, 0.1) is 13.7 Å². The monoisotopic (exact) mass is 392 g/mol. The molecule has 0 fully saturated rings. The molecule has 1 heterocycles. The highest BCUT2D eigenvalue weighted by molar-refractivity contribution is 6.30. The van der Waals surface area contributed by atoms with E-state index in [1.54, 1.807) is 39.8 Å². The van der Waals surface area contributed by atoms with Gasteiger partial charge in [0, 0.05) is 10.4 Å². The lowest BCUT2D eigenvalue weighted by Gasteiger charge is -2.18. The third-order valence-corrected chi connectivity index (χ3v) is 3.92. The maximum absolute atomic E-state index is 12.9. The highest BCUT2D eigenvalue weighted by Crippen LogP contribution is 2.26.